The maximum Gasteiger partial charge on any atom is 0.213 e. The van der Waals surface area contributed by atoms with E-state index in [0.717, 1.165) is 12.5 Å². The molecule has 1 heterocycles. The number of benzene rings is 1. The van der Waals surface area contributed by atoms with Gasteiger partial charge in [0.05, 0.1) is 6.54 Å². The van der Waals surface area contributed by atoms with Crippen LogP contribution in [-0.4, -0.2) is 10.1 Å². The summed E-state index contributed by atoms with van der Waals surface area (Å²) in [6, 6.07) is 8.86. The number of nitrogens with zero attached hydrogens (tertiary/aromatic N) is 2. The van der Waals surface area contributed by atoms with Crippen LogP contribution in [0.1, 0.15) is 35.7 Å². The molecule has 0 amide bonds. The van der Waals surface area contributed by atoms with Gasteiger partial charge in [0.15, 0.2) is 5.82 Å². The van der Waals surface area contributed by atoms with Gasteiger partial charge in [-0.15, -0.1) is 0 Å². The summed E-state index contributed by atoms with van der Waals surface area (Å²) in [5, 5.41) is 7.03. The highest BCUT2D eigenvalue weighted by Crippen LogP contribution is 2.39. The van der Waals surface area contributed by atoms with Crippen LogP contribution in [0.4, 0.5) is 0 Å². The number of nitrogens with one attached hydrogen (secondary N) is 1. The van der Waals surface area contributed by atoms with Crippen LogP contribution >= 0.6 is 0 Å². The molecule has 1 saturated carbocycles. The second-order valence-corrected chi connectivity index (χ2v) is 4.47. The molecule has 0 bridgehead atoms. The Balaban J connectivity index is 1.51. The fourth-order valence-corrected chi connectivity index (χ4v) is 1.91. The van der Waals surface area contributed by atoms with Crippen LogP contribution < -0.4 is 5.32 Å². The highest BCUT2D eigenvalue weighted by Gasteiger charge is 2.22. The molecule has 0 spiro atoms. The molecule has 88 valence electrons. The maximum atomic E-state index is 4.67. The monoisotopic (exact) mass is 229 g/mol. The molecule has 1 aromatic carbocycles. The van der Waals surface area contributed by atoms with E-state index in [1.807, 2.05) is 0 Å². The third-order valence-electron chi connectivity index (χ3n) is 3.05. The van der Waals surface area contributed by atoms with Gasteiger partial charge >= 0.3 is 0 Å². The largest absolute Gasteiger partial charge is 0.343 e. The minimum atomic E-state index is 0.640. The van der Waals surface area contributed by atoms with Gasteiger partial charge in [-0.25, -0.2) is 0 Å². The minimum Gasteiger partial charge on any atom is -0.343 e. The first-order chi connectivity index (χ1) is 8.42. The third-order valence-corrected chi connectivity index (χ3v) is 3.05. The molecule has 4 heteroatoms. The van der Waals surface area contributed by atoms with Crippen molar-refractivity contribution in [1.82, 2.24) is 15.5 Å². The highest BCUT2D eigenvalue weighted by atomic mass is 16.5. The third kappa shape index (κ3) is 2.71. The first-order valence-corrected chi connectivity index (χ1v) is 5.96. The van der Waals surface area contributed by atoms with Gasteiger partial charge < -0.3 is 9.84 Å². The maximum absolute atomic E-state index is 4.67. The zero-order valence-corrected chi connectivity index (χ0v) is 9.60. The lowest BCUT2D eigenvalue weighted by molar-refractivity contribution is 0.407. The summed E-state index contributed by atoms with van der Waals surface area (Å²) >= 11 is 0. The first-order valence-electron chi connectivity index (χ1n) is 5.96. The van der Waals surface area contributed by atoms with E-state index in [1.165, 1.54) is 30.4 Å². The Morgan fingerprint density at radius 1 is 1.18 bits per heavy atom. The van der Waals surface area contributed by atoms with Crippen LogP contribution in [-0.2, 0) is 13.1 Å². The van der Waals surface area contributed by atoms with E-state index in [9.17, 15) is 0 Å². The molecule has 4 nitrogen and oxygen atoms in total. The molecule has 0 unspecified atom stereocenters. The summed E-state index contributed by atoms with van der Waals surface area (Å²) in [6.45, 7) is 1.47. The van der Waals surface area contributed by atoms with E-state index in [4.69, 9.17) is 0 Å². The average Bonchev–Trinajstić information content (AvgIpc) is 3.08. The van der Waals surface area contributed by atoms with Gasteiger partial charge in [-0.2, -0.15) is 4.98 Å². The van der Waals surface area contributed by atoms with E-state index in [-0.39, 0.29) is 0 Å². The standard InChI is InChI=1S/C13H15N3O/c1-3-11(12-5-6-12)4-2-10(1)7-14-8-13-15-9-17-16-13/h1-4,9,12,14H,5-8H2. The molecule has 2 aromatic rings. The van der Waals surface area contributed by atoms with Crippen molar-refractivity contribution in [2.45, 2.75) is 31.8 Å². The van der Waals surface area contributed by atoms with E-state index in [0.29, 0.717) is 12.4 Å². The zero-order chi connectivity index (χ0) is 11.5. The fourth-order valence-electron chi connectivity index (χ4n) is 1.91. The number of hydrogen-bond donors (Lipinski definition) is 1. The lowest BCUT2D eigenvalue weighted by Gasteiger charge is -2.04. The zero-order valence-electron chi connectivity index (χ0n) is 9.60. The lowest BCUT2D eigenvalue weighted by atomic mass is 10.1. The van der Waals surface area contributed by atoms with Crippen LogP contribution in [0, 0.1) is 0 Å². The van der Waals surface area contributed by atoms with Gasteiger partial charge in [0.1, 0.15) is 0 Å². The van der Waals surface area contributed by atoms with Crippen LogP contribution in [0.3, 0.4) is 0 Å². The van der Waals surface area contributed by atoms with Crippen molar-refractivity contribution >= 4 is 0 Å². The predicted octanol–water partition coefficient (Wildman–Crippen LogP) is 2.24. The lowest BCUT2D eigenvalue weighted by Crippen LogP contribution is -2.13. The van der Waals surface area contributed by atoms with Crippen LogP contribution in [0.25, 0.3) is 0 Å². The first kappa shape index (κ1) is 10.5. The Hall–Kier alpha value is -1.68. The van der Waals surface area contributed by atoms with E-state index >= 15 is 0 Å². The number of aromatic nitrogens is 2. The molecule has 0 radical (unpaired) electrons. The van der Waals surface area contributed by atoms with Crippen LogP contribution in [0.15, 0.2) is 35.2 Å². The van der Waals surface area contributed by atoms with Gasteiger partial charge in [-0.1, -0.05) is 29.4 Å². The molecule has 17 heavy (non-hydrogen) atoms. The second-order valence-electron chi connectivity index (χ2n) is 4.47. The molecular formula is C13H15N3O. The summed E-state index contributed by atoms with van der Waals surface area (Å²) in [5.74, 6) is 1.52. The summed E-state index contributed by atoms with van der Waals surface area (Å²) in [4.78, 5) is 3.95. The molecule has 1 fully saturated rings. The molecule has 0 saturated heterocycles. The molecule has 1 aliphatic carbocycles. The molecule has 3 rings (SSSR count). The number of rotatable bonds is 5. The topological polar surface area (TPSA) is 51.0 Å². The van der Waals surface area contributed by atoms with Gasteiger partial charge in [0.2, 0.25) is 6.39 Å². The van der Waals surface area contributed by atoms with Crippen molar-refractivity contribution in [2.75, 3.05) is 0 Å². The Labute approximate surface area is 100 Å². The fraction of sp³-hybridized carbons (Fsp3) is 0.385. The number of hydrogen-bond acceptors (Lipinski definition) is 4. The van der Waals surface area contributed by atoms with Crippen molar-refractivity contribution in [1.29, 1.82) is 0 Å². The predicted molar refractivity (Wildman–Crippen MR) is 63.3 cm³/mol. The molecule has 1 aliphatic rings. The minimum absolute atomic E-state index is 0.640. The Morgan fingerprint density at radius 2 is 2.00 bits per heavy atom. The van der Waals surface area contributed by atoms with E-state index in [1.54, 1.807) is 0 Å². The van der Waals surface area contributed by atoms with Crippen LogP contribution in [0.2, 0.25) is 0 Å². The van der Waals surface area contributed by atoms with Crippen molar-refractivity contribution in [3.63, 3.8) is 0 Å². The summed E-state index contributed by atoms with van der Waals surface area (Å²) < 4.78 is 4.67. The smallest absolute Gasteiger partial charge is 0.213 e. The van der Waals surface area contributed by atoms with Gasteiger partial charge in [0, 0.05) is 6.54 Å². The quantitative estimate of drug-likeness (QED) is 0.854. The van der Waals surface area contributed by atoms with Crippen molar-refractivity contribution in [3.8, 4) is 0 Å². The molecule has 1 aromatic heterocycles. The molecule has 0 atom stereocenters. The van der Waals surface area contributed by atoms with E-state index in [2.05, 4.69) is 44.2 Å². The highest BCUT2D eigenvalue weighted by molar-refractivity contribution is 5.27. The van der Waals surface area contributed by atoms with Crippen LogP contribution in [0.5, 0.6) is 0 Å². The van der Waals surface area contributed by atoms with Crippen molar-refractivity contribution < 1.29 is 4.52 Å². The average molecular weight is 229 g/mol. The van der Waals surface area contributed by atoms with Crippen molar-refractivity contribution in [3.05, 3.63) is 47.6 Å². The Bertz CT molecular complexity index is 460. The summed E-state index contributed by atoms with van der Waals surface area (Å²) in [5.41, 5.74) is 2.77. The van der Waals surface area contributed by atoms with Gasteiger partial charge in [-0.3, -0.25) is 0 Å². The molecule has 1 N–H and O–H groups in total. The van der Waals surface area contributed by atoms with E-state index < -0.39 is 0 Å². The van der Waals surface area contributed by atoms with Gasteiger partial charge in [-0.05, 0) is 29.9 Å². The molecule has 0 aliphatic heterocycles. The Morgan fingerprint density at radius 3 is 2.65 bits per heavy atom. The van der Waals surface area contributed by atoms with Crippen molar-refractivity contribution in [2.24, 2.45) is 0 Å². The summed E-state index contributed by atoms with van der Waals surface area (Å²) in [6.07, 6.45) is 4.06. The SMILES string of the molecule is c1nc(CNCc2ccc(C3CC3)cc2)no1. The van der Waals surface area contributed by atoms with Gasteiger partial charge in [0.25, 0.3) is 0 Å². The summed E-state index contributed by atoms with van der Waals surface area (Å²) in [7, 11) is 0. The molecular weight excluding hydrogens is 214 g/mol. The normalized spacial score (nSPS) is 15.1. The Kier molecular flexibility index (Phi) is 2.88. The second kappa shape index (κ2) is 4.67.